The molecule has 2 N–H and O–H groups in total. The molecule has 0 aliphatic heterocycles. The Morgan fingerprint density at radius 3 is 2.33 bits per heavy atom. The van der Waals surface area contributed by atoms with E-state index in [0.717, 1.165) is 10.3 Å². The zero-order valence-electron chi connectivity index (χ0n) is 5.35. The molecule has 0 aliphatic carbocycles. The van der Waals surface area contributed by atoms with Crippen LogP contribution in [0.25, 0.3) is 0 Å². The maximum atomic E-state index is 5.46. The maximum absolute atomic E-state index is 5.46. The first-order chi connectivity index (χ1) is 4.13. The van der Waals surface area contributed by atoms with Crippen LogP contribution in [0.5, 0.6) is 0 Å². The van der Waals surface area contributed by atoms with Gasteiger partial charge in [0, 0.05) is 7.05 Å². The number of aryl methyl sites for hydroxylation is 1. The van der Waals surface area contributed by atoms with Crippen LogP contribution in [-0.4, -0.2) is 9.55 Å². The molecule has 0 amide bonds. The van der Waals surface area contributed by atoms with Gasteiger partial charge in [0.1, 0.15) is 4.60 Å². The zero-order chi connectivity index (χ0) is 7.02. The molecule has 1 aromatic heterocycles. The fourth-order valence-electron chi connectivity index (χ4n) is 0.636. The van der Waals surface area contributed by atoms with E-state index in [9.17, 15) is 0 Å². The van der Waals surface area contributed by atoms with Gasteiger partial charge in [-0.3, -0.25) is 0 Å². The highest BCUT2D eigenvalue weighted by molar-refractivity contribution is 9.10. The summed E-state index contributed by atoms with van der Waals surface area (Å²) in [5.41, 5.74) is 6.39. The molecule has 0 saturated heterocycles. The Labute approximate surface area is 62.0 Å². The molecule has 0 radical (unpaired) electrons. The van der Waals surface area contributed by atoms with E-state index in [1.807, 2.05) is 14.0 Å². The van der Waals surface area contributed by atoms with Gasteiger partial charge in [0.05, 0.1) is 5.69 Å². The number of anilines is 1. The van der Waals surface area contributed by atoms with Crippen molar-refractivity contribution in [1.82, 2.24) is 9.55 Å². The minimum atomic E-state index is 0.541. The lowest BCUT2D eigenvalue weighted by Gasteiger charge is -1.92. The smallest absolute Gasteiger partial charge is 0.201 e. The normalized spacial score (nSPS) is 10.1. The van der Waals surface area contributed by atoms with Gasteiger partial charge in [-0.25, -0.2) is 4.98 Å². The van der Waals surface area contributed by atoms with Crippen LogP contribution in [0.15, 0.2) is 4.60 Å². The van der Waals surface area contributed by atoms with Crippen molar-refractivity contribution in [3.05, 3.63) is 10.3 Å². The van der Waals surface area contributed by atoms with Gasteiger partial charge in [-0.15, -0.1) is 0 Å². The van der Waals surface area contributed by atoms with E-state index in [0.29, 0.717) is 5.95 Å². The van der Waals surface area contributed by atoms with Crippen LogP contribution in [0.4, 0.5) is 5.95 Å². The molecule has 0 fully saturated rings. The molecule has 0 unspecified atom stereocenters. The summed E-state index contributed by atoms with van der Waals surface area (Å²) < 4.78 is 2.73. The Balaban J connectivity index is 3.29. The molecule has 0 atom stereocenters. The fraction of sp³-hybridized carbons (Fsp3) is 0.400. The van der Waals surface area contributed by atoms with Crippen molar-refractivity contribution in [2.45, 2.75) is 6.92 Å². The van der Waals surface area contributed by atoms with Gasteiger partial charge in [-0.05, 0) is 22.9 Å². The number of imidazole rings is 1. The van der Waals surface area contributed by atoms with E-state index >= 15 is 0 Å². The number of hydrogen-bond acceptors (Lipinski definition) is 2. The summed E-state index contributed by atoms with van der Waals surface area (Å²) in [6.45, 7) is 1.90. The number of halogens is 1. The molecular weight excluding hydrogens is 182 g/mol. The number of nitrogens with zero attached hydrogens (tertiary/aromatic N) is 2. The summed E-state index contributed by atoms with van der Waals surface area (Å²) in [7, 11) is 1.86. The van der Waals surface area contributed by atoms with Crippen molar-refractivity contribution in [2.24, 2.45) is 7.05 Å². The lowest BCUT2D eigenvalue weighted by molar-refractivity contribution is 0.904. The van der Waals surface area contributed by atoms with Crippen molar-refractivity contribution in [3.63, 3.8) is 0 Å². The van der Waals surface area contributed by atoms with Crippen LogP contribution in [0, 0.1) is 6.92 Å². The average molecular weight is 190 g/mol. The highest BCUT2D eigenvalue weighted by Crippen LogP contribution is 2.16. The standard InChI is InChI=1S/C5H8BrN3/c1-3-4(6)9(2)5(7)8-3/h1-2H3,(H2,7,8). The van der Waals surface area contributed by atoms with Crippen molar-refractivity contribution in [3.8, 4) is 0 Å². The predicted octanol–water partition coefficient (Wildman–Crippen LogP) is 1.07. The molecule has 0 bridgehead atoms. The van der Waals surface area contributed by atoms with Crippen molar-refractivity contribution >= 4 is 21.9 Å². The van der Waals surface area contributed by atoms with Crippen LogP contribution in [0.2, 0.25) is 0 Å². The maximum Gasteiger partial charge on any atom is 0.201 e. The molecule has 1 aromatic rings. The molecule has 1 heterocycles. The summed E-state index contributed by atoms with van der Waals surface area (Å²) >= 11 is 3.32. The molecule has 0 spiro atoms. The van der Waals surface area contributed by atoms with Gasteiger partial charge in [-0.2, -0.15) is 0 Å². The van der Waals surface area contributed by atoms with Crippen molar-refractivity contribution in [1.29, 1.82) is 0 Å². The third-order valence-corrected chi connectivity index (χ3v) is 2.32. The van der Waals surface area contributed by atoms with E-state index in [-0.39, 0.29) is 0 Å². The van der Waals surface area contributed by atoms with Crippen LogP contribution in [0.3, 0.4) is 0 Å². The monoisotopic (exact) mass is 189 g/mol. The Hall–Kier alpha value is -0.510. The number of nitrogen functional groups attached to an aromatic ring is 1. The van der Waals surface area contributed by atoms with Crippen LogP contribution < -0.4 is 5.73 Å². The van der Waals surface area contributed by atoms with Crippen LogP contribution in [-0.2, 0) is 7.05 Å². The summed E-state index contributed by atoms with van der Waals surface area (Å²) in [5.74, 6) is 0.541. The minimum Gasteiger partial charge on any atom is -0.369 e. The second-order valence-corrected chi connectivity index (χ2v) is 2.66. The average Bonchev–Trinajstić information content (AvgIpc) is 1.98. The minimum absolute atomic E-state index is 0.541. The molecule has 0 saturated carbocycles. The Kier molecular flexibility index (Phi) is 1.48. The third kappa shape index (κ3) is 0.941. The van der Waals surface area contributed by atoms with E-state index in [2.05, 4.69) is 20.9 Å². The molecule has 4 heteroatoms. The first-order valence-corrected chi connectivity index (χ1v) is 3.36. The SMILES string of the molecule is Cc1nc(N)n(C)c1Br. The molecular formula is C5H8BrN3. The van der Waals surface area contributed by atoms with E-state index in [4.69, 9.17) is 5.73 Å². The molecule has 3 nitrogen and oxygen atoms in total. The number of hydrogen-bond donors (Lipinski definition) is 1. The lowest BCUT2D eigenvalue weighted by Crippen LogP contribution is -1.96. The topological polar surface area (TPSA) is 43.8 Å². The molecule has 50 valence electrons. The number of aromatic nitrogens is 2. The van der Waals surface area contributed by atoms with Gasteiger partial charge in [-0.1, -0.05) is 0 Å². The summed E-state index contributed by atoms with van der Waals surface area (Å²) in [6, 6.07) is 0. The van der Waals surface area contributed by atoms with E-state index in [1.54, 1.807) is 4.57 Å². The first-order valence-electron chi connectivity index (χ1n) is 2.57. The molecule has 9 heavy (non-hydrogen) atoms. The molecule has 0 aromatic carbocycles. The molecule has 1 rings (SSSR count). The van der Waals surface area contributed by atoms with Gasteiger partial charge in [0.25, 0.3) is 0 Å². The highest BCUT2D eigenvalue weighted by Gasteiger charge is 2.03. The van der Waals surface area contributed by atoms with E-state index < -0.39 is 0 Å². The van der Waals surface area contributed by atoms with Gasteiger partial charge in [0.2, 0.25) is 5.95 Å². The lowest BCUT2D eigenvalue weighted by atomic mass is 10.6. The quantitative estimate of drug-likeness (QED) is 0.664. The van der Waals surface area contributed by atoms with Gasteiger partial charge >= 0.3 is 0 Å². The van der Waals surface area contributed by atoms with Gasteiger partial charge < -0.3 is 10.3 Å². The Bertz CT molecular complexity index is 206. The highest BCUT2D eigenvalue weighted by atomic mass is 79.9. The largest absolute Gasteiger partial charge is 0.369 e. The number of rotatable bonds is 0. The summed E-state index contributed by atoms with van der Waals surface area (Å²) in [5, 5.41) is 0. The van der Waals surface area contributed by atoms with Crippen LogP contribution >= 0.6 is 15.9 Å². The Morgan fingerprint density at radius 2 is 2.22 bits per heavy atom. The number of nitrogens with two attached hydrogens (primary N) is 1. The zero-order valence-corrected chi connectivity index (χ0v) is 6.94. The summed E-state index contributed by atoms with van der Waals surface area (Å²) in [4.78, 5) is 4.00. The van der Waals surface area contributed by atoms with Crippen molar-refractivity contribution < 1.29 is 0 Å². The van der Waals surface area contributed by atoms with Gasteiger partial charge in [0.15, 0.2) is 0 Å². The predicted molar refractivity (Wildman–Crippen MR) is 40.1 cm³/mol. The first kappa shape index (κ1) is 6.61. The van der Waals surface area contributed by atoms with Crippen molar-refractivity contribution in [2.75, 3.05) is 5.73 Å². The fourth-order valence-corrected chi connectivity index (χ4v) is 0.907. The Morgan fingerprint density at radius 1 is 1.67 bits per heavy atom. The molecule has 0 aliphatic rings. The third-order valence-electron chi connectivity index (χ3n) is 1.22. The van der Waals surface area contributed by atoms with E-state index in [1.165, 1.54) is 0 Å². The second kappa shape index (κ2) is 2.02. The van der Waals surface area contributed by atoms with Crippen LogP contribution in [0.1, 0.15) is 5.69 Å². The second-order valence-electron chi connectivity index (χ2n) is 1.91. The summed E-state index contributed by atoms with van der Waals surface area (Å²) in [6.07, 6.45) is 0.